The van der Waals surface area contributed by atoms with Crippen LogP contribution in [0.5, 0.6) is 0 Å². The van der Waals surface area contributed by atoms with E-state index in [1.165, 1.54) is 8.99 Å². The predicted molar refractivity (Wildman–Crippen MR) is 119 cm³/mol. The van der Waals surface area contributed by atoms with Gasteiger partial charge in [0.1, 0.15) is 11.4 Å². The zero-order valence-corrected chi connectivity index (χ0v) is 20.1. The number of hydrogen-bond donors (Lipinski definition) is 0. The first-order chi connectivity index (χ1) is 15.3. The van der Waals surface area contributed by atoms with Crippen molar-refractivity contribution in [3.8, 4) is 0 Å². The monoisotopic (exact) mass is 465 g/mol. The van der Waals surface area contributed by atoms with Crippen molar-refractivity contribution in [2.45, 2.75) is 70.2 Å². The van der Waals surface area contributed by atoms with E-state index in [-0.39, 0.29) is 35.7 Å². The van der Waals surface area contributed by atoms with Crippen LogP contribution in [0.25, 0.3) is 0 Å². The fourth-order valence-electron chi connectivity index (χ4n) is 5.27. The van der Waals surface area contributed by atoms with Crippen LogP contribution in [0, 0.1) is 19.8 Å². The molecule has 0 aromatic carbocycles. The number of amides is 2. The lowest BCUT2D eigenvalue weighted by Gasteiger charge is -2.35. The number of aromatic nitrogens is 2. The quantitative estimate of drug-likeness (QED) is 0.657. The Morgan fingerprint density at radius 2 is 1.53 bits per heavy atom. The van der Waals surface area contributed by atoms with Crippen LogP contribution < -0.4 is 0 Å². The second-order valence-electron chi connectivity index (χ2n) is 9.33. The number of piperidine rings is 2. The lowest BCUT2D eigenvalue weighted by molar-refractivity contribution is -0.137. The maximum absolute atomic E-state index is 13.6. The summed E-state index contributed by atoms with van der Waals surface area (Å²) in [4.78, 5) is 29.5. The Morgan fingerprint density at radius 3 is 2.22 bits per heavy atom. The van der Waals surface area contributed by atoms with Crippen LogP contribution in [0.3, 0.4) is 0 Å². The van der Waals surface area contributed by atoms with Crippen molar-refractivity contribution < 1.29 is 18.0 Å². The molecule has 1 aromatic rings. The summed E-state index contributed by atoms with van der Waals surface area (Å²) in [5.41, 5.74) is 0.890. The van der Waals surface area contributed by atoms with Crippen LogP contribution in [0.1, 0.15) is 56.3 Å². The van der Waals surface area contributed by atoms with Gasteiger partial charge in [-0.05, 0) is 58.8 Å². The molecule has 32 heavy (non-hydrogen) atoms. The fourth-order valence-corrected chi connectivity index (χ4v) is 7.16. The molecule has 0 radical (unpaired) electrons. The average molecular weight is 466 g/mol. The molecule has 0 bridgehead atoms. The highest BCUT2D eigenvalue weighted by Crippen LogP contribution is 2.29. The van der Waals surface area contributed by atoms with E-state index in [9.17, 15) is 18.0 Å². The van der Waals surface area contributed by atoms with Crippen molar-refractivity contribution in [3.05, 3.63) is 11.4 Å². The molecule has 0 unspecified atom stereocenters. The Labute approximate surface area is 190 Å². The third-order valence-corrected chi connectivity index (χ3v) is 9.18. The summed E-state index contributed by atoms with van der Waals surface area (Å²) in [7, 11) is -3.80. The number of nitrogens with zero attached hydrogens (tertiary/aromatic N) is 5. The second-order valence-corrected chi connectivity index (χ2v) is 11.2. The van der Waals surface area contributed by atoms with Gasteiger partial charge in [-0.3, -0.25) is 14.3 Å². The number of aryl methyl sites for hydroxylation is 1. The van der Waals surface area contributed by atoms with Crippen molar-refractivity contribution in [1.29, 1.82) is 0 Å². The van der Waals surface area contributed by atoms with Gasteiger partial charge in [0.2, 0.25) is 21.8 Å². The van der Waals surface area contributed by atoms with Gasteiger partial charge in [-0.25, -0.2) is 8.42 Å². The molecular weight excluding hydrogens is 430 g/mol. The normalized spacial score (nSPS) is 23.0. The van der Waals surface area contributed by atoms with Crippen LogP contribution in [0.4, 0.5) is 0 Å². The maximum Gasteiger partial charge on any atom is 0.246 e. The lowest BCUT2D eigenvalue weighted by Crippen LogP contribution is -2.48. The molecule has 0 N–H and O–H groups in total. The summed E-state index contributed by atoms with van der Waals surface area (Å²) in [6.45, 7) is 7.13. The summed E-state index contributed by atoms with van der Waals surface area (Å²) in [5, 5.41) is 4.40. The molecule has 0 saturated carbocycles. The molecule has 3 saturated heterocycles. The molecule has 9 nitrogen and oxygen atoms in total. The van der Waals surface area contributed by atoms with Crippen LogP contribution in [-0.4, -0.2) is 83.4 Å². The van der Waals surface area contributed by atoms with Crippen molar-refractivity contribution in [2.24, 2.45) is 5.92 Å². The van der Waals surface area contributed by atoms with E-state index in [0.717, 1.165) is 64.7 Å². The van der Waals surface area contributed by atoms with E-state index in [1.54, 1.807) is 13.8 Å². The Hall–Kier alpha value is -1.94. The highest BCUT2D eigenvalue weighted by molar-refractivity contribution is 7.89. The summed E-state index contributed by atoms with van der Waals surface area (Å²) >= 11 is 0. The van der Waals surface area contributed by atoms with Gasteiger partial charge in [-0.2, -0.15) is 9.40 Å². The number of carbonyl (C=O) groups excluding carboxylic acids is 2. The molecule has 3 aliphatic heterocycles. The Balaban J connectivity index is 1.50. The zero-order chi connectivity index (χ0) is 22.9. The smallest absolute Gasteiger partial charge is 0.246 e. The summed E-state index contributed by atoms with van der Waals surface area (Å²) in [6, 6.07) is 0. The second kappa shape index (κ2) is 9.51. The van der Waals surface area contributed by atoms with Gasteiger partial charge in [-0.15, -0.1) is 0 Å². The molecule has 4 heterocycles. The summed E-state index contributed by atoms with van der Waals surface area (Å²) in [5.74, 6) is -0.226. The standard InChI is InChI=1S/C22H35N5O4S/c1-17-21(18(2)27(23-17)16-20(28)24-10-6-7-11-24)32(30,31)26-14-8-9-19(15-26)22(29)25-12-4-3-5-13-25/h19H,3-16H2,1-2H3/t19-/m1/s1. The molecule has 4 rings (SSSR count). The Bertz CT molecular complexity index is 961. The number of likely N-dealkylation sites (tertiary alicyclic amines) is 2. The van der Waals surface area contributed by atoms with Gasteiger partial charge < -0.3 is 9.80 Å². The first-order valence-electron chi connectivity index (χ1n) is 11.9. The minimum atomic E-state index is -3.80. The topological polar surface area (TPSA) is 95.8 Å². The number of rotatable bonds is 5. The van der Waals surface area contributed by atoms with Crippen LogP contribution >= 0.6 is 0 Å². The van der Waals surface area contributed by atoms with E-state index < -0.39 is 10.0 Å². The van der Waals surface area contributed by atoms with Gasteiger partial charge in [0.05, 0.1) is 17.3 Å². The molecule has 178 valence electrons. The third-order valence-electron chi connectivity index (χ3n) is 7.06. The molecule has 0 aliphatic carbocycles. The molecule has 1 aromatic heterocycles. The molecule has 3 fully saturated rings. The van der Waals surface area contributed by atoms with Crippen LogP contribution in [-0.2, 0) is 26.2 Å². The van der Waals surface area contributed by atoms with Crippen molar-refractivity contribution in [2.75, 3.05) is 39.3 Å². The van der Waals surface area contributed by atoms with Gasteiger partial charge in [0.15, 0.2) is 0 Å². The predicted octanol–water partition coefficient (Wildman–Crippen LogP) is 1.54. The highest BCUT2D eigenvalue weighted by atomic mass is 32.2. The van der Waals surface area contributed by atoms with Crippen molar-refractivity contribution in [1.82, 2.24) is 23.9 Å². The van der Waals surface area contributed by atoms with Crippen molar-refractivity contribution >= 4 is 21.8 Å². The lowest BCUT2D eigenvalue weighted by atomic mass is 9.97. The van der Waals surface area contributed by atoms with E-state index in [1.807, 2.05) is 9.80 Å². The van der Waals surface area contributed by atoms with Gasteiger partial charge in [0, 0.05) is 39.3 Å². The molecule has 2 amide bonds. The fraction of sp³-hybridized carbons (Fsp3) is 0.773. The van der Waals surface area contributed by atoms with Gasteiger partial charge in [0.25, 0.3) is 0 Å². The molecule has 1 atom stereocenters. The Morgan fingerprint density at radius 1 is 0.906 bits per heavy atom. The zero-order valence-electron chi connectivity index (χ0n) is 19.3. The van der Waals surface area contributed by atoms with Crippen molar-refractivity contribution in [3.63, 3.8) is 0 Å². The summed E-state index contributed by atoms with van der Waals surface area (Å²) < 4.78 is 30.1. The molecule has 3 aliphatic rings. The summed E-state index contributed by atoms with van der Waals surface area (Å²) in [6.07, 6.45) is 6.61. The molecule has 0 spiro atoms. The van der Waals surface area contributed by atoms with E-state index in [4.69, 9.17) is 0 Å². The molecule has 10 heteroatoms. The number of sulfonamides is 1. The minimum Gasteiger partial charge on any atom is -0.342 e. The van der Waals surface area contributed by atoms with E-state index in [0.29, 0.717) is 24.4 Å². The average Bonchev–Trinajstić information content (AvgIpc) is 3.42. The maximum atomic E-state index is 13.6. The van der Waals surface area contributed by atoms with E-state index >= 15 is 0 Å². The van der Waals surface area contributed by atoms with Crippen LogP contribution in [0.15, 0.2) is 4.90 Å². The van der Waals surface area contributed by atoms with Gasteiger partial charge >= 0.3 is 0 Å². The number of carbonyl (C=O) groups is 2. The third kappa shape index (κ3) is 4.57. The van der Waals surface area contributed by atoms with E-state index in [2.05, 4.69) is 5.10 Å². The first-order valence-corrected chi connectivity index (χ1v) is 13.3. The number of hydrogen-bond acceptors (Lipinski definition) is 5. The minimum absolute atomic E-state index is 0.0257. The largest absolute Gasteiger partial charge is 0.342 e. The molecular formula is C22H35N5O4S. The highest BCUT2D eigenvalue weighted by Gasteiger charge is 2.38. The van der Waals surface area contributed by atoms with Gasteiger partial charge in [-0.1, -0.05) is 0 Å². The van der Waals surface area contributed by atoms with Crippen LogP contribution in [0.2, 0.25) is 0 Å². The Kier molecular flexibility index (Phi) is 6.90. The SMILES string of the molecule is Cc1nn(CC(=O)N2CCCC2)c(C)c1S(=O)(=O)N1CCC[C@@H](C(=O)N2CCCCC2)C1. The first kappa shape index (κ1) is 23.2.